The summed E-state index contributed by atoms with van der Waals surface area (Å²) in [5, 5.41) is 16.5. The summed E-state index contributed by atoms with van der Waals surface area (Å²) >= 11 is 0. The number of ketones is 2. The van der Waals surface area contributed by atoms with Crippen LogP contribution in [0.2, 0.25) is 0 Å². The van der Waals surface area contributed by atoms with Crippen LogP contribution in [0.4, 0.5) is 4.79 Å². The summed E-state index contributed by atoms with van der Waals surface area (Å²) in [6, 6.07) is -0.654. The molecule has 6 atom stereocenters. The molecule has 0 radical (unpaired) electrons. The molecule has 15 heteroatoms. The number of fused-ring (bicyclic) bond motifs is 2. The third-order valence-electron chi connectivity index (χ3n) is 10.0. The minimum Gasteiger partial charge on any atom is -0.449 e. The normalized spacial score (nSPS) is 28.9. The maximum absolute atomic E-state index is 13.9. The second kappa shape index (κ2) is 23.8. The smallest absolute Gasteiger partial charge is 0.411 e. The zero-order chi connectivity index (χ0) is 40.3. The van der Waals surface area contributed by atoms with E-state index < -0.39 is 53.8 Å². The number of hydrogen-bond donors (Lipinski definition) is 4. The third-order valence-corrected chi connectivity index (χ3v) is 10.0. The van der Waals surface area contributed by atoms with Crippen molar-refractivity contribution in [2.75, 3.05) is 53.7 Å². The molecule has 0 aromatic heterocycles. The van der Waals surface area contributed by atoms with Crippen LogP contribution in [-0.4, -0.2) is 118 Å². The Labute approximate surface area is 324 Å². The molecule has 306 valence electrons. The van der Waals surface area contributed by atoms with Crippen LogP contribution in [0.25, 0.3) is 0 Å². The number of aliphatic hydroxyl groups is 1. The molecule has 2 amide bonds. The Hall–Kier alpha value is -3.99. The van der Waals surface area contributed by atoms with E-state index in [2.05, 4.69) is 21.0 Å². The Morgan fingerprint density at radius 3 is 2.45 bits per heavy atom. The van der Waals surface area contributed by atoms with E-state index in [9.17, 15) is 29.1 Å². The molecule has 4 N–H and O–H groups in total. The Balaban J connectivity index is 1.79. The highest BCUT2D eigenvalue weighted by atomic mass is 16.7. The highest BCUT2D eigenvalue weighted by Crippen LogP contribution is 2.28. The monoisotopic (exact) mass is 772 g/mol. The predicted molar refractivity (Wildman–Crippen MR) is 204 cm³/mol. The van der Waals surface area contributed by atoms with Gasteiger partial charge in [-0.1, -0.05) is 63.0 Å². The van der Waals surface area contributed by atoms with Crippen LogP contribution in [-0.2, 0) is 43.0 Å². The van der Waals surface area contributed by atoms with Gasteiger partial charge in [0.05, 0.1) is 55.6 Å². The van der Waals surface area contributed by atoms with Crippen molar-refractivity contribution in [1.82, 2.24) is 21.0 Å². The van der Waals surface area contributed by atoms with Crippen LogP contribution in [0.5, 0.6) is 0 Å². The number of morpholine rings is 1. The number of hydrogen-bond acceptors (Lipinski definition) is 13. The number of rotatable bonds is 14. The van der Waals surface area contributed by atoms with Gasteiger partial charge in [0, 0.05) is 50.4 Å². The molecule has 1 aliphatic carbocycles. The molecule has 0 aromatic carbocycles. The molecule has 1 fully saturated rings. The van der Waals surface area contributed by atoms with Crippen LogP contribution in [0.1, 0.15) is 72.6 Å². The number of nitrogens with zero attached hydrogens (tertiary/aromatic N) is 1. The van der Waals surface area contributed by atoms with Crippen molar-refractivity contribution in [2.45, 2.75) is 97.0 Å². The molecule has 2 bridgehead atoms. The molecule has 0 unspecified atom stereocenters. The summed E-state index contributed by atoms with van der Waals surface area (Å²) < 4.78 is 22.1. The van der Waals surface area contributed by atoms with Crippen molar-refractivity contribution in [3.8, 4) is 0 Å². The molecule has 3 aliphatic rings. The average molecular weight is 773 g/mol. The molecule has 3 rings (SSSR count). The Morgan fingerprint density at radius 2 is 1.76 bits per heavy atom. The highest BCUT2D eigenvalue weighted by Gasteiger charge is 2.34. The number of carbonyl (C=O) groups is 5. The number of allylic oxidation sites excluding steroid dienone is 4. The lowest BCUT2D eigenvalue weighted by Crippen LogP contribution is -2.41. The molecular formula is C40H60N4O11. The number of aliphatic hydroxyl groups excluding tert-OH is 1. The molecule has 1 saturated heterocycles. The van der Waals surface area contributed by atoms with E-state index in [0.717, 1.165) is 64.6 Å². The van der Waals surface area contributed by atoms with Crippen molar-refractivity contribution in [3.05, 3.63) is 58.5 Å². The van der Waals surface area contributed by atoms with Gasteiger partial charge in [0.1, 0.15) is 0 Å². The van der Waals surface area contributed by atoms with Gasteiger partial charge in [0.2, 0.25) is 11.6 Å². The van der Waals surface area contributed by atoms with E-state index in [1.54, 1.807) is 19.1 Å². The van der Waals surface area contributed by atoms with Crippen LogP contribution >= 0.6 is 0 Å². The van der Waals surface area contributed by atoms with Gasteiger partial charge in [-0.25, -0.2) is 4.79 Å². The van der Waals surface area contributed by atoms with E-state index in [4.69, 9.17) is 23.8 Å². The van der Waals surface area contributed by atoms with E-state index in [-0.39, 0.29) is 54.4 Å². The number of hydroxylamine groups is 1. The van der Waals surface area contributed by atoms with Crippen LogP contribution in [0.3, 0.4) is 0 Å². The number of unbranched alkanes of at least 4 members (excludes halogenated alkanes) is 4. The lowest BCUT2D eigenvalue weighted by atomic mass is 9.85. The number of amides is 2. The molecule has 0 aromatic rings. The summed E-state index contributed by atoms with van der Waals surface area (Å²) in [7, 11) is 2.95. The fourth-order valence-electron chi connectivity index (χ4n) is 6.82. The summed E-state index contributed by atoms with van der Waals surface area (Å²) in [5.74, 6) is -2.70. The third kappa shape index (κ3) is 14.5. The van der Waals surface area contributed by atoms with E-state index in [1.165, 1.54) is 27.2 Å². The number of nitrogens with one attached hydrogen (secondary N) is 3. The first-order chi connectivity index (χ1) is 26.4. The fraction of sp³-hybridized carbons (Fsp3) is 0.625. The Bertz CT molecular complexity index is 1480. The van der Waals surface area contributed by atoms with Crippen molar-refractivity contribution in [2.24, 2.45) is 11.8 Å². The minimum atomic E-state index is -0.996. The summed E-state index contributed by atoms with van der Waals surface area (Å²) in [6.45, 7) is 12.0. The first-order valence-corrected chi connectivity index (χ1v) is 19.1. The van der Waals surface area contributed by atoms with E-state index in [1.807, 2.05) is 19.9 Å². The maximum atomic E-state index is 13.9. The van der Waals surface area contributed by atoms with Gasteiger partial charge >= 0.3 is 12.6 Å². The number of Topliss-reactive ketones (excluding diaryl/α,β-unsaturated/α-hetero) is 1. The molecule has 15 nitrogen and oxygen atoms in total. The molecule has 2 aliphatic heterocycles. The van der Waals surface area contributed by atoms with Crippen molar-refractivity contribution < 1.29 is 52.9 Å². The quantitative estimate of drug-likeness (QED) is 0.0662. The van der Waals surface area contributed by atoms with E-state index in [0.29, 0.717) is 12.0 Å². The molecule has 0 saturated carbocycles. The van der Waals surface area contributed by atoms with Crippen LogP contribution in [0.15, 0.2) is 58.5 Å². The van der Waals surface area contributed by atoms with Crippen molar-refractivity contribution in [3.63, 3.8) is 0 Å². The van der Waals surface area contributed by atoms with E-state index >= 15 is 0 Å². The largest absolute Gasteiger partial charge is 0.449 e. The van der Waals surface area contributed by atoms with Crippen molar-refractivity contribution >= 4 is 30.0 Å². The number of carbonyl (C=O) groups excluding carboxylic acids is 5. The van der Waals surface area contributed by atoms with Crippen LogP contribution < -0.4 is 16.1 Å². The standard InChI is InChI=1S/C40H60N4O11/c1-26-21-30-36(42-40(50)54-18-11-9-7-8-10-15-44-16-19-53-20-17-44)32(46)24-31(38(30)48)41-39(49)27(2)13-12-14-33(51-5)35(43-55-25-45)28(3)23-29(4)37(47)34(22-26)52-6/h12-14,23-26,29,33-35,37,43,47H,7-11,15-22H2,1-6H3,(H,41,49)(H,42,50)/b14-12-,27-13+,28-23+/t26-,29+,33+,34+,35+,37-/m1/s1. The SMILES string of the molecule is CO[C@H]1/C=C\C=C(/C)C(=O)NC2=CC(=O)C(NC(=O)OCCCCCCCN3CCOCC3)=C(C[C@@H](C)C[C@H](OC)[C@H](O)[C@@H](C)/C=C(\C)[C@@H]1NOC=O)C2=O. The summed E-state index contributed by atoms with van der Waals surface area (Å²) in [5.41, 5.74) is 3.14. The van der Waals surface area contributed by atoms with Gasteiger partial charge in [-0.2, -0.15) is 0 Å². The first-order valence-electron chi connectivity index (χ1n) is 19.1. The Morgan fingerprint density at radius 1 is 1.05 bits per heavy atom. The molecule has 2 heterocycles. The summed E-state index contributed by atoms with van der Waals surface area (Å²) in [6.07, 6.45) is 9.35. The number of ether oxygens (including phenoxy) is 4. The van der Waals surface area contributed by atoms with Gasteiger partial charge in [-0.15, -0.1) is 5.48 Å². The maximum Gasteiger partial charge on any atom is 0.411 e. The summed E-state index contributed by atoms with van der Waals surface area (Å²) in [4.78, 5) is 71.9. The average Bonchev–Trinajstić information content (AvgIpc) is 3.17. The molecule has 55 heavy (non-hydrogen) atoms. The lowest BCUT2D eigenvalue weighted by molar-refractivity contribution is -0.138. The van der Waals surface area contributed by atoms with Gasteiger partial charge in [-0.3, -0.25) is 29.4 Å². The molecular weight excluding hydrogens is 712 g/mol. The van der Waals surface area contributed by atoms with Crippen LogP contribution in [0, 0.1) is 11.8 Å². The number of alkyl carbamates (subject to hydrolysis) is 1. The fourth-order valence-corrected chi connectivity index (χ4v) is 6.82. The van der Waals surface area contributed by atoms with Gasteiger partial charge in [0.15, 0.2) is 0 Å². The second-order valence-corrected chi connectivity index (χ2v) is 14.4. The first kappa shape index (κ1) is 45.4. The van der Waals surface area contributed by atoms with Gasteiger partial charge < -0.3 is 34.2 Å². The van der Waals surface area contributed by atoms with Gasteiger partial charge in [-0.05, 0) is 52.0 Å². The second-order valence-electron chi connectivity index (χ2n) is 14.4. The molecule has 0 spiro atoms. The van der Waals surface area contributed by atoms with Crippen molar-refractivity contribution in [1.29, 1.82) is 0 Å². The van der Waals surface area contributed by atoms with Gasteiger partial charge in [0.25, 0.3) is 5.91 Å². The topological polar surface area (TPSA) is 191 Å². The minimum absolute atomic E-state index is 0.00660. The number of methoxy groups -OCH3 is 2. The highest BCUT2D eigenvalue weighted by molar-refractivity contribution is 6.24. The lowest BCUT2D eigenvalue weighted by Gasteiger charge is -2.30. The zero-order valence-electron chi connectivity index (χ0n) is 33.1. The zero-order valence-corrected chi connectivity index (χ0v) is 33.1. The Kier molecular flexibility index (Phi) is 19.7. The predicted octanol–water partition coefficient (Wildman–Crippen LogP) is 3.35.